The second-order valence-corrected chi connectivity index (χ2v) is 5.24. The molecule has 0 saturated carbocycles. The van der Waals surface area contributed by atoms with E-state index in [0.29, 0.717) is 0 Å². The molecular weight excluding hydrogens is 276 g/mol. The Morgan fingerprint density at radius 3 is 2.59 bits per heavy atom. The van der Waals surface area contributed by atoms with E-state index in [9.17, 15) is 0 Å². The van der Waals surface area contributed by atoms with Gasteiger partial charge in [0.05, 0.1) is 0 Å². The molecule has 0 aliphatic carbocycles. The van der Waals surface area contributed by atoms with E-state index in [1.165, 1.54) is 11.1 Å². The van der Waals surface area contributed by atoms with Crippen molar-refractivity contribution in [2.24, 2.45) is 0 Å². The third-order valence-electron chi connectivity index (χ3n) is 2.48. The molecule has 17 heavy (non-hydrogen) atoms. The SMILES string of the molecule is C=C(CNCC)CN(C)Cc1ccc(Br)cc1. The second kappa shape index (κ2) is 7.64. The molecule has 0 heterocycles. The first kappa shape index (κ1) is 14.4. The van der Waals surface area contributed by atoms with E-state index in [0.717, 1.165) is 30.7 Å². The number of hydrogen-bond acceptors (Lipinski definition) is 2. The standard InChI is InChI=1S/C14H21BrN2/c1-4-16-9-12(2)10-17(3)11-13-5-7-14(15)8-6-13/h5-8,16H,2,4,9-11H2,1,3H3. The molecule has 0 aromatic heterocycles. The predicted octanol–water partition coefficient (Wildman–Crippen LogP) is 3.05. The van der Waals surface area contributed by atoms with Crippen LogP contribution in [0.25, 0.3) is 0 Å². The smallest absolute Gasteiger partial charge is 0.0234 e. The first-order valence-electron chi connectivity index (χ1n) is 5.92. The van der Waals surface area contributed by atoms with Crippen molar-refractivity contribution in [3.8, 4) is 0 Å². The van der Waals surface area contributed by atoms with Crippen molar-refractivity contribution in [1.29, 1.82) is 0 Å². The second-order valence-electron chi connectivity index (χ2n) is 4.33. The van der Waals surface area contributed by atoms with Gasteiger partial charge in [-0.1, -0.05) is 41.6 Å². The fraction of sp³-hybridized carbons (Fsp3) is 0.429. The van der Waals surface area contributed by atoms with E-state index in [2.05, 4.69) is 71.0 Å². The molecule has 0 radical (unpaired) electrons. The molecule has 0 fully saturated rings. The van der Waals surface area contributed by atoms with Crippen LogP contribution in [-0.2, 0) is 6.54 Å². The monoisotopic (exact) mass is 296 g/mol. The lowest BCUT2D eigenvalue weighted by Gasteiger charge is -2.18. The summed E-state index contributed by atoms with van der Waals surface area (Å²) < 4.78 is 1.13. The van der Waals surface area contributed by atoms with Gasteiger partial charge < -0.3 is 5.32 Å². The number of rotatable bonds is 7. The Labute approximate surface area is 113 Å². The van der Waals surface area contributed by atoms with E-state index in [1.54, 1.807) is 0 Å². The number of nitrogens with one attached hydrogen (secondary N) is 1. The molecule has 1 aromatic carbocycles. The summed E-state index contributed by atoms with van der Waals surface area (Å²) in [6.07, 6.45) is 0. The van der Waals surface area contributed by atoms with Crippen molar-refractivity contribution in [2.45, 2.75) is 13.5 Å². The fourth-order valence-electron chi connectivity index (χ4n) is 1.70. The number of halogens is 1. The Hall–Kier alpha value is -0.640. The van der Waals surface area contributed by atoms with Gasteiger partial charge in [-0.25, -0.2) is 0 Å². The van der Waals surface area contributed by atoms with Gasteiger partial charge in [0.15, 0.2) is 0 Å². The van der Waals surface area contributed by atoms with Gasteiger partial charge >= 0.3 is 0 Å². The van der Waals surface area contributed by atoms with Crippen molar-refractivity contribution >= 4 is 15.9 Å². The van der Waals surface area contributed by atoms with Crippen molar-refractivity contribution in [1.82, 2.24) is 10.2 Å². The minimum atomic E-state index is 0.904. The van der Waals surface area contributed by atoms with Crippen LogP contribution in [0.4, 0.5) is 0 Å². The van der Waals surface area contributed by atoms with Gasteiger partial charge in [-0.05, 0) is 36.9 Å². The van der Waals surface area contributed by atoms with Crippen LogP contribution < -0.4 is 5.32 Å². The molecule has 0 saturated heterocycles. The van der Waals surface area contributed by atoms with Crippen LogP contribution in [0, 0.1) is 0 Å². The largest absolute Gasteiger partial charge is 0.313 e. The molecule has 0 bridgehead atoms. The summed E-state index contributed by atoms with van der Waals surface area (Å²) in [5.41, 5.74) is 2.55. The third-order valence-corrected chi connectivity index (χ3v) is 3.01. The lowest BCUT2D eigenvalue weighted by atomic mass is 10.2. The van der Waals surface area contributed by atoms with Crippen LogP contribution >= 0.6 is 15.9 Å². The molecule has 3 heteroatoms. The molecule has 1 aromatic rings. The van der Waals surface area contributed by atoms with E-state index in [1.807, 2.05) is 0 Å². The van der Waals surface area contributed by atoms with Crippen LogP contribution in [0.5, 0.6) is 0 Å². The topological polar surface area (TPSA) is 15.3 Å². The normalized spacial score (nSPS) is 10.8. The average Bonchev–Trinajstić information content (AvgIpc) is 2.29. The Balaban J connectivity index is 2.36. The molecule has 0 unspecified atom stereocenters. The van der Waals surface area contributed by atoms with Crippen LogP contribution in [0.2, 0.25) is 0 Å². The molecule has 2 nitrogen and oxygen atoms in total. The number of hydrogen-bond donors (Lipinski definition) is 1. The molecule has 0 atom stereocenters. The molecule has 0 aliphatic rings. The van der Waals surface area contributed by atoms with Crippen LogP contribution in [0.15, 0.2) is 40.9 Å². The van der Waals surface area contributed by atoms with Gasteiger partial charge in [0, 0.05) is 24.1 Å². The van der Waals surface area contributed by atoms with Gasteiger partial charge in [0.1, 0.15) is 0 Å². The first-order chi connectivity index (χ1) is 8.11. The molecular formula is C14H21BrN2. The summed E-state index contributed by atoms with van der Waals surface area (Å²) >= 11 is 3.44. The zero-order chi connectivity index (χ0) is 12.7. The average molecular weight is 297 g/mol. The highest BCUT2D eigenvalue weighted by atomic mass is 79.9. The highest BCUT2D eigenvalue weighted by Crippen LogP contribution is 2.12. The maximum atomic E-state index is 4.08. The minimum Gasteiger partial charge on any atom is -0.313 e. The van der Waals surface area contributed by atoms with Crippen molar-refractivity contribution in [3.63, 3.8) is 0 Å². The van der Waals surface area contributed by atoms with Crippen molar-refractivity contribution in [2.75, 3.05) is 26.7 Å². The lowest BCUT2D eigenvalue weighted by molar-refractivity contribution is 0.352. The molecule has 1 N–H and O–H groups in total. The van der Waals surface area contributed by atoms with E-state index in [-0.39, 0.29) is 0 Å². The molecule has 0 spiro atoms. The van der Waals surface area contributed by atoms with E-state index >= 15 is 0 Å². The van der Waals surface area contributed by atoms with Gasteiger partial charge in [-0.3, -0.25) is 4.90 Å². The molecule has 0 aliphatic heterocycles. The number of nitrogens with zero attached hydrogens (tertiary/aromatic N) is 1. The van der Waals surface area contributed by atoms with Crippen LogP contribution in [-0.4, -0.2) is 31.6 Å². The molecule has 94 valence electrons. The minimum absolute atomic E-state index is 0.904. The summed E-state index contributed by atoms with van der Waals surface area (Å²) in [6, 6.07) is 8.45. The fourth-order valence-corrected chi connectivity index (χ4v) is 1.96. The van der Waals surface area contributed by atoms with Gasteiger partial charge in [0.2, 0.25) is 0 Å². The summed E-state index contributed by atoms with van der Waals surface area (Å²) in [5.74, 6) is 0. The van der Waals surface area contributed by atoms with Gasteiger partial charge in [0.25, 0.3) is 0 Å². The third kappa shape index (κ3) is 6.01. The number of benzene rings is 1. The quantitative estimate of drug-likeness (QED) is 0.778. The first-order valence-corrected chi connectivity index (χ1v) is 6.71. The molecule has 1 rings (SSSR count). The maximum absolute atomic E-state index is 4.08. The summed E-state index contributed by atoms with van der Waals surface area (Å²) in [7, 11) is 2.12. The Kier molecular flexibility index (Phi) is 6.48. The highest BCUT2D eigenvalue weighted by molar-refractivity contribution is 9.10. The predicted molar refractivity (Wildman–Crippen MR) is 78.2 cm³/mol. The van der Waals surface area contributed by atoms with Crippen LogP contribution in [0.3, 0.4) is 0 Å². The number of likely N-dealkylation sites (N-methyl/N-ethyl adjacent to an activating group) is 2. The van der Waals surface area contributed by atoms with Gasteiger partial charge in [-0.15, -0.1) is 0 Å². The lowest BCUT2D eigenvalue weighted by Crippen LogP contribution is -2.25. The van der Waals surface area contributed by atoms with Gasteiger partial charge in [-0.2, -0.15) is 0 Å². The van der Waals surface area contributed by atoms with Crippen LogP contribution in [0.1, 0.15) is 12.5 Å². The Bertz CT molecular complexity index is 346. The van der Waals surface area contributed by atoms with E-state index in [4.69, 9.17) is 0 Å². The van der Waals surface area contributed by atoms with Crippen molar-refractivity contribution < 1.29 is 0 Å². The zero-order valence-corrected chi connectivity index (χ0v) is 12.3. The van der Waals surface area contributed by atoms with Crippen molar-refractivity contribution in [3.05, 3.63) is 46.5 Å². The highest BCUT2D eigenvalue weighted by Gasteiger charge is 2.02. The van der Waals surface area contributed by atoms with E-state index < -0.39 is 0 Å². The summed E-state index contributed by atoms with van der Waals surface area (Å²) in [6.45, 7) is 9.98. The summed E-state index contributed by atoms with van der Waals surface area (Å²) in [5, 5.41) is 3.29. The Morgan fingerprint density at radius 1 is 1.35 bits per heavy atom. The molecule has 0 amide bonds. The maximum Gasteiger partial charge on any atom is 0.0234 e. The zero-order valence-electron chi connectivity index (χ0n) is 10.7. The summed E-state index contributed by atoms with van der Waals surface area (Å²) in [4.78, 5) is 2.28. The Morgan fingerprint density at radius 2 is 2.00 bits per heavy atom.